The standard InChI is InChI=1S/C17H22N6O3/c1-2-21-17(26)13-6-9-5-12(9)23(13)14(24)8-22-11-7-20-4-3-10(11)15(18)16(19)25/h3-4,7,9,12-13,18,22H,2,5-6,8H2,1H3,(H2,19,25)(H,21,26)/p+1/t9-,12-,13+/m1/s1. The van der Waals surface area contributed by atoms with Gasteiger partial charge in [0.2, 0.25) is 11.8 Å². The number of nitrogens with zero attached hydrogens (tertiary/aromatic N) is 2. The van der Waals surface area contributed by atoms with Crippen molar-refractivity contribution < 1.29 is 19.8 Å². The lowest BCUT2D eigenvalue weighted by Gasteiger charge is -2.27. The molecule has 1 aromatic rings. The predicted molar refractivity (Wildman–Crippen MR) is 93.8 cm³/mol. The third kappa shape index (κ3) is 3.37. The van der Waals surface area contributed by atoms with Crippen LogP contribution in [-0.4, -0.2) is 58.5 Å². The zero-order valence-electron chi connectivity index (χ0n) is 14.6. The van der Waals surface area contributed by atoms with E-state index in [0.717, 1.165) is 6.42 Å². The van der Waals surface area contributed by atoms with Crippen molar-refractivity contribution in [2.45, 2.75) is 31.8 Å². The van der Waals surface area contributed by atoms with Gasteiger partial charge in [0.25, 0.3) is 5.71 Å². The molecule has 6 N–H and O–H groups in total. The first kappa shape index (κ1) is 17.8. The highest BCUT2D eigenvalue weighted by Gasteiger charge is 2.55. The first-order valence-electron chi connectivity index (χ1n) is 8.63. The number of rotatable bonds is 7. The summed E-state index contributed by atoms with van der Waals surface area (Å²) in [6.07, 6.45) is 4.62. The Morgan fingerprint density at radius 1 is 1.38 bits per heavy atom. The molecule has 2 fully saturated rings. The largest absolute Gasteiger partial charge is 0.374 e. The number of amides is 3. The second kappa shape index (κ2) is 7.11. The van der Waals surface area contributed by atoms with E-state index < -0.39 is 11.9 Å². The van der Waals surface area contributed by atoms with E-state index in [1.165, 1.54) is 12.4 Å². The Labute approximate surface area is 150 Å². The van der Waals surface area contributed by atoms with Gasteiger partial charge in [-0.05, 0) is 31.7 Å². The molecule has 9 heteroatoms. The second-order valence-electron chi connectivity index (χ2n) is 6.56. The van der Waals surface area contributed by atoms with E-state index in [4.69, 9.17) is 11.1 Å². The zero-order chi connectivity index (χ0) is 18.8. The summed E-state index contributed by atoms with van der Waals surface area (Å²) in [4.78, 5) is 41.9. The number of piperidine rings is 1. The molecule has 2 heterocycles. The summed E-state index contributed by atoms with van der Waals surface area (Å²) in [5.74, 6) is -0.610. The lowest BCUT2D eigenvalue weighted by Crippen LogP contribution is -2.50. The third-order valence-corrected chi connectivity index (χ3v) is 4.85. The van der Waals surface area contributed by atoms with Crippen LogP contribution in [0.4, 0.5) is 5.69 Å². The molecule has 0 spiro atoms. The lowest BCUT2D eigenvalue weighted by molar-refractivity contribution is -0.138. The summed E-state index contributed by atoms with van der Waals surface area (Å²) in [5, 5.41) is 11.5. The molecule has 2 aliphatic rings. The van der Waals surface area contributed by atoms with Gasteiger partial charge in [0, 0.05) is 18.8 Å². The van der Waals surface area contributed by atoms with Crippen LogP contribution in [0, 0.1) is 5.92 Å². The Kier molecular flexibility index (Phi) is 4.88. The molecular weight excluding hydrogens is 336 g/mol. The molecule has 3 rings (SSSR count). The minimum Gasteiger partial charge on any atom is -0.374 e. The molecule has 1 aliphatic carbocycles. The molecule has 9 nitrogen and oxygen atoms in total. The number of nitrogens with one attached hydrogen (secondary N) is 2. The summed E-state index contributed by atoms with van der Waals surface area (Å²) in [6.45, 7) is 2.36. The Bertz CT molecular complexity index is 765. The topological polar surface area (TPSA) is 143 Å². The number of fused-ring (bicyclic) bond motifs is 1. The predicted octanol–water partition coefficient (Wildman–Crippen LogP) is -2.35. The van der Waals surface area contributed by atoms with Gasteiger partial charge in [-0.3, -0.25) is 19.4 Å². The molecule has 138 valence electrons. The summed E-state index contributed by atoms with van der Waals surface area (Å²) in [5.41, 5.74) is 5.96. The van der Waals surface area contributed by atoms with E-state index in [1.807, 2.05) is 6.92 Å². The van der Waals surface area contributed by atoms with Gasteiger partial charge in [0.1, 0.15) is 6.04 Å². The number of hydrogen-bond acceptors (Lipinski definition) is 5. The zero-order valence-corrected chi connectivity index (χ0v) is 14.6. The smallest absolute Gasteiger partial charge is 0.313 e. The third-order valence-electron chi connectivity index (χ3n) is 4.85. The minimum absolute atomic E-state index is 0.0239. The maximum atomic E-state index is 12.7. The fraction of sp³-hybridized carbons (Fsp3) is 0.471. The number of hydrogen-bond donors (Lipinski definition) is 4. The first-order chi connectivity index (χ1) is 12.4. The van der Waals surface area contributed by atoms with Crippen molar-refractivity contribution in [3.63, 3.8) is 0 Å². The van der Waals surface area contributed by atoms with Gasteiger partial charge in [0.15, 0.2) is 0 Å². The fourth-order valence-corrected chi connectivity index (χ4v) is 3.51. The fourth-order valence-electron chi connectivity index (χ4n) is 3.51. The molecule has 0 aromatic carbocycles. The number of carbonyl (C=O) groups excluding carboxylic acids is 3. The van der Waals surface area contributed by atoms with E-state index in [2.05, 4.69) is 15.6 Å². The Morgan fingerprint density at radius 3 is 2.85 bits per heavy atom. The van der Waals surface area contributed by atoms with Crippen LogP contribution in [0.25, 0.3) is 0 Å². The number of carbonyl (C=O) groups is 3. The van der Waals surface area contributed by atoms with Crippen molar-refractivity contribution in [1.82, 2.24) is 15.2 Å². The van der Waals surface area contributed by atoms with Crippen molar-refractivity contribution in [2.75, 3.05) is 18.4 Å². The highest BCUT2D eigenvalue weighted by molar-refractivity contribution is 6.43. The van der Waals surface area contributed by atoms with Crippen LogP contribution in [0.1, 0.15) is 25.3 Å². The Hall–Kier alpha value is -2.97. The van der Waals surface area contributed by atoms with Crippen molar-refractivity contribution >= 4 is 29.1 Å². The maximum Gasteiger partial charge on any atom is 0.313 e. The molecule has 0 unspecified atom stereocenters. The number of nitrogens with two attached hydrogens (primary N) is 2. The number of aromatic nitrogens is 1. The molecule has 1 saturated heterocycles. The number of likely N-dealkylation sites (tertiary alicyclic amines) is 1. The highest BCUT2D eigenvalue weighted by Crippen LogP contribution is 2.47. The number of anilines is 1. The van der Waals surface area contributed by atoms with E-state index in [9.17, 15) is 14.4 Å². The van der Waals surface area contributed by atoms with Gasteiger partial charge >= 0.3 is 5.91 Å². The SMILES string of the molecule is CCNC(=O)[C@@H]1C[C@H]2C[C@H]2N1C(=O)CNc1cnccc1C(=[NH2+])C(N)=O. The van der Waals surface area contributed by atoms with Crippen LogP contribution in [0.2, 0.25) is 0 Å². The molecule has 0 bridgehead atoms. The van der Waals surface area contributed by atoms with Crippen LogP contribution in [0.5, 0.6) is 0 Å². The van der Waals surface area contributed by atoms with Crippen LogP contribution in [-0.2, 0) is 14.4 Å². The quantitative estimate of drug-likeness (QED) is 0.403. The van der Waals surface area contributed by atoms with E-state index in [-0.39, 0.29) is 30.1 Å². The average molecular weight is 359 g/mol. The normalized spacial score (nSPS) is 23.1. The van der Waals surface area contributed by atoms with Gasteiger partial charge in [-0.25, -0.2) is 5.41 Å². The van der Waals surface area contributed by atoms with E-state index >= 15 is 0 Å². The van der Waals surface area contributed by atoms with Crippen molar-refractivity contribution in [3.05, 3.63) is 24.0 Å². The van der Waals surface area contributed by atoms with Crippen LogP contribution >= 0.6 is 0 Å². The Balaban J connectivity index is 1.68. The van der Waals surface area contributed by atoms with Gasteiger partial charge in [0.05, 0.1) is 24.0 Å². The molecular formula is C17H23N6O3+. The van der Waals surface area contributed by atoms with Crippen LogP contribution in [0.15, 0.2) is 18.5 Å². The second-order valence-corrected chi connectivity index (χ2v) is 6.56. The van der Waals surface area contributed by atoms with Crippen LogP contribution in [0.3, 0.4) is 0 Å². The average Bonchev–Trinajstić information content (AvgIpc) is 3.29. The van der Waals surface area contributed by atoms with Gasteiger partial charge < -0.3 is 21.3 Å². The molecule has 26 heavy (non-hydrogen) atoms. The van der Waals surface area contributed by atoms with Gasteiger partial charge in [-0.15, -0.1) is 0 Å². The number of likely N-dealkylation sites (N-methyl/N-ethyl adjacent to an activating group) is 1. The summed E-state index contributed by atoms with van der Waals surface area (Å²) < 4.78 is 0. The molecule has 1 saturated carbocycles. The molecule has 3 atom stereocenters. The van der Waals surface area contributed by atoms with E-state index in [1.54, 1.807) is 11.0 Å². The van der Waals surface area contributed by atoms with Crippen molar-refractivity contribution in [2.24, 2.45) is 11.7 Å². The van der Waals surface area contributed by atoms with E-state index in [0.29, 0.717) is 30.1 Å². The monoisotopic (exact) mass is 359 g/mol. The summed E-state index contributed by atoms with van der Waals surface area (Å²) in [7, 11) is 0. The summed E-state index contributed by atoms with van der Waals surface area (Å²) in [6, 6.07) is 1.29. The molecule has 1 aliphatic heterocycles. The number of pyridine rings is 1. The lowest BCUT2D eigenvalue weighted by atomic mass is 10.1. The summed E-state index contributed by atoms with van der Waals surface area (Å²) >= 11 is 0. The van der Waals surface area contributed by atoms with Crippen LogP contribution < -0.4 is 21.8 Å². The maximum absolute atomic E-state index is 12.7. The molecule has 0 radical (unpaired) electrons. The van der Waals surface area contributed by atoms with Crippen molar-refractivity contribution in [1.29, 1.82) is 0 Å². The first-order valence-corrected chi connectivity index (χ1v) is 8.63. The number of primary amides is 1. The van der Waals surface area contributed by atoms with Gasteiger partial charge in [-0.1, -0.05) is 0 Å². The molecule has 1 aromatic heterocycles. The van der Waals surface area contributed by atoms with Crippen molar-refractivity contribution in [3.8, 4) is 0 Å². The van der Waals surface area contributed by atoms with Gasteiger partial charge in [-0.2, -0.15) is 0 Å². The highest BCUT2D eigenvalue weighted by atomic mass is 16.2. The molecule has 3 amide bonds. The Morgan fingerprint density at radius 2 is 2.15 bits per heavy atom. The minimum atomic E-state index is -0.748.